The van der Waals surface area contributed by atoms with Gasteiger partial charge >= 0.3 is 18.0 Å². The molecule has 0 fully saturated rings. The lowest BCUT2D eigenvalue weighted by atomic mass is 9.92. The first-order valence-corrected chi connectivity index (χ1v) is 7.57. The summed E-state index contributed by atoms with van der Waals surface area (Å²) in [5.41, 5.74) is -7.98. The molecule has 1 aliphatic rings. The Bertz CT molecular complexity index is 933. The lowest BCUT2D eigenvalue weighted by molar-refractivity contribution is -0.348. The van der Waals surface area contributed by atoms with Crippen molar-refractivity contribution < 1.29 is 40.3 Å². The van der Waals surface area contributed by atoms with Crippen LogP contribution in [0.5, 0.6) is 0 Å². The number of hydrogen-bond donors (Lipinski definition) is 0. The van der Waals surface area contributed by atoms with Crippen molar-refractivity contribution in [1.29, 1.82) is 0 Å². The third kappa shape index (κ3) is 2.64. The number of carbonyl (C=O) groups is 2. The van der Waals surface area contributed by atoms with Gasteiger partial charge in [-0.3, -0.25) is 14.6 Å². The fourth-order valence-electron chi connectivity index (χ4n) is 2.91. The lowest BCUT2D eigenvalue weighted by Gasteiger charge is -2.31. The van der Waals surface area contributed by atoms with Crippen LogP contribution in [0.25, 0.3) is 0 Å². The van der Waals surface area contributed by atoms with Gasteiger partial charge in [-0.2, -0.15) is 26.3 Å². The van der Waals surface area contributed by atoms with Crippen molar-refractivity contribution in [3.63, 3.8) is 0 Å². The van der Waals surface area contributed by atoms with Crippen molar-refractivity contribution in [3.8, 4) is 0 Å². The average Bonchev–Trinajstić information content (AvgIpc) is 2.84. The number of imide groups is 1. The van der Waals surface area contributed by atoms with Crippen molar-refractivity contribution in [2.45, 2.75) is 24.9 Å². The third-order valence-corrected chi connectivity index (χ3v) is 4.30. The molecule has 0 spiro atoms. The number of alkyl halides is 7. The molecule has 0 saturated carbocycles. The number of aromatic nitrogens is 1. The molecule has 0 atom stereocenters. The number of rotatable bonds is 2. The van der Waals surface area contributed by atoms with Crippen molar-refractivity contribution in [2.75, 3.05) is 4.90 Å². The van der Waals surface area contributed by atoms with Gasteiger partial charge in [0, 0.05) is 18.0 Å². The summed E-state index contributed by atoms with van der Waals surface area (Å²) in [5.74, 6) is -1.67. The number of fused-ring (bicyclic) bond motifs is 1. The van der Waals surface area contributed by atoms with Crippen molar-refractivity contribution in [3.05, 3.63) is 58.9 Å². The number of anilines is 1. The van der Waals surface area contributed by atoms with Crippen molar-refractivity contribution in [2.24, 2.45) is 0 Å². The van der Waals surface area contributed by atoms with Gasteiger partial charge in [0.15, 0.2) is 0 Å². The SMILES string of the molecule is Cc1cc(C(F)(C(F)(F)F)C(F)(F)F)ccc1N1C(=O)c2ccncc2C1=O. The van der Waals surface area contributed by atoms with Gasteiger partial charge in [-0.15, -0.1) is 0 Å². The first-order chi connectivity index (χ1) is 12.8. The molecule has 4 nitrogen and oxygen atoms in total. The number of amides is 2. The van der Waals surface area contributed by atoms with E-state index in [1.54, 1.807) is 0 Å². The molecule has 28 heavy (non-hydrogen) atoms. The molecule has 2 heterocycles. The van der Waals surface area contributed by atoms with Crippen LogP contribution >= 0.6 is 0 Å². The highest BCUT2D eigenvalue weighted by Crippen LogP contribution is 2.53. The van der Waals surface area contributed by atoms with Crippen LogP contribution < -0.4 is 4.90 Å². The van der Waals surface area contributed by atoms with Gasteiger partial charge in [-0.25, -0.2) is 9.29 Å². The van der Waals surface area contributed by atoms with Crippen molar-refractivity contribution in [1.82, 2.24) is 4.98 Å². The topological polar surface area (TPSA) is 50.3 Å². The summed E-state index contributed by atoms with van der Waals surface area (Å²) in [5, 5.41) is 0. The zero-order chi connectivity index (χ0) is 21.1. The highest BCUT2D eigenvalue weighted by molar-refractivity contribution is 6.34. The van der Waals surface area contributed by atoms with Crippen LogP contribution in [0.4, 0.5) is 36.4 Å². The molecule has 2 amide bonds. The Morgan fingerprint density at radius 1 is 0.857 bits per heavy atom. The maximum absolute atomic E-state index is 14.2. The summed E-state index contributed by atoms with van der Waals surface area (Å²) in [7, 11) is 0. The van der Waals surface area contributed by atoms with E-state index in [9.17, 15) is 40.3 Å². The average molecular weight is 406 g/mol. The lowest BCUT2D eigenvalue weighted by Crippen LogP contribution is -2.50. The highest BCUT2D eigenvalue weighted by atomic mass is 19.4. The number of benzene rings is 1. The Kier molecular flexibility index (Phi) is 4.24. The molecular formula is C17H9F7N2O2. The molecule has 0 bridgehead atoms. The van der Waals surface area contributed by atoms with Gasteiger partial charge in [-0.1, -0.05) is 12.1 Å². The molecule has 148 valence electrons. The molecule has 0 radical (unpaired) electrons. The molecule has 1 aliphatic heterocycles. The van der Waals surface area contributed by atoms with Crippen LogP contribution in [0.1, 0.15) is 31.8 Å². The quantitative estimate of drug-likeness (QED) is 0.546. The monoisotopic (exact) mass is 406 g/mol. The van der Waals surface area contributed by atoms with E-state index in [0.717, 1.165) is 13.1 Å². The van der Waals surface area contributed by atoms with Crippen LogP contribution in [0, 0.1) is 6.92 Å². The zero-order valence-corrected chi connectivity index (χ0v) is 13.8. The summed E-state index contributed by atoms with van der Waals surface area (Å²) < 4.78 is 91.6. The maximum Gasteiger partial charge on any atom is 0.435 e. The van der Waals surface area contributed by atoms with Gasteiger partial charge in [0.05, 0.1) is 16.8 Å². The Morgan fingerprint density at radius 3 is 1.93 bits per heavy atom. The molecule has 3 rings (SSSR count). The number of pyridine rings is 1. The Labute approximate surface area is 152 Å². The van der Waals surface area contributed by atoms with Gasteiger partial charge in [0.1, 0.15) is 0 Å². The molecule has 11 heteroatoms. The molecule has 0 unspecified atom stereocenters. The second kappa shape index (κ2) is 6.01. The summed E-state index contributed by atoms with van der Waals surface area (Å²) in [6, 6.07) is 2.49. The van der Waals surface area contributed by atoms with E-state index >= 15 is 0 Å². The molecule has 0 N–H and O–H groups in total. The largest absolute Gasteiger partial charge is 0.435 e. The summed E-state index contributed by atoms with van der Waals surface area (Å²) in [6.07, 6.45) is -10.2. The maximum atomic E-state index is 14.2. The van der Waals surface area contributed by atoms with Crippen LogP contribution in [0.2, 0.25) is 0 Å². The molecule has 2 aromatic rings. The first kappa shape index (κ1) is 19.8. The van der Waals surface area contributed by atoms with Gasteiger partial charge in [0.2, 0.25) is 0 Å². The number of aryl methyl sites for hydroxylation is 1. The highest BCUT2D eigenvalue weighted by Gasteiger charge is 2.73. The Balaban J connectivity index is 2.10. The number of halogens is 7. The van der Waals surface area contributed by atoms with Crippen LogP contribution in [0.15, 0.2) is 36.7 Å². The van der Waals surface area contributed by atoms with E-state index in [0.29, 0.717) is 17.0 Å². The fraction of sp³-hybridized carbons (Fsp3) is 0.235. The van der Waals surface area contributed by atoms with E-state index in [4.69, 9.17) is 0 Å². The van der Waals surface area contributed by atoms with E-state index < -0.39 is 35.4 Å². The molecule has 0 aliphatic carbocycles. The van der Waals surface area contributed by atoms with Crippen LogP contribution in [-0.4, -0.2) is 29.2 Å². The van der Waals surface area contributed by atoms with E-state index in [1.807, 2.05) is 0 Å². The predicted octanol–water partition coefficient (Wildman–Crippen LogP) is 4.48. The van der Waals surface area contributed by atoms with Gasteiger partial charge < -0.3 is 0 Å². The number of hydrogen-bond acceptors (Lipinski definition) is 3. The summed E-state index contributed by atoms with van der Waals surface area (Å²) in [6.45, 7) is 1.06. The second-order valence-corrected chi connectivity index (χ2v) is 6.02. The Morgan fingerprint density at radius 2 is 1.43 bits per heavy atom. The van der Waals surface area contributed by atoms with Crippen LogP contribution in [0.3, 0.4) is 0 Å². The molecular weight excluding hydrogens is 397 g/mol. The van der Waals surface area contributed by atoms with Crippen LogP contribution in [-0.2, 0) is 5.67 Å². The second-order valence-electron chi connectivity index (χ2n) is 6.02. The smallest absolute Gasteiger partial charge is 0.268 e. The molecule has 1 aromatic heterocycles. The van der Waals surface area contributed by atoms with Gasteiger partial charge in [0.25, 0.3) is 11.8 Å². The standard InChI is InChI=1S/C17H9F7N2O2/c1-8-6-9(15(18,16(19,20)21)17(22,23)24)2-3-12(8)26-13(27)10-4-5-25-7-11(10)14(26)28/h2-7H,1H3. The normalized spacial score (nSPS) is 15.2. The number of carbonyl (C=O) groups excluding carboxylic acids is 2. The summed E-state index contributed by atoms with van der Waals surface area (Å²) in [4.78, 5) is 29.1. The summed E-state index contributed by atoms with van der Waals surface area (Å²) >= 11 is 0. The Hall–Kier alpha value is -2.98. The minimum atomic E-state index is -6.26. The van der Waals surface area contributed by atoms with E-state index in [-0.39, 0.29) is 28.4 Å². The molecule has 1 aromatic carbocycles. The van der Waals surface area contributed by atoms with E-state index in [2.05, 4.69) is 4.98 Å². The third-order valence-electron chi connectivity index (χ3n) is 4.30. The van der Waals surface area contributed by atoms with Crippen molar-refractivity contribution >= 4 is 17.5 Å². The van der Waals surface area contributed by atoms with E-state index in [1.165, 1.54) is 12.3 Å². The van der Waals surface area contributed by atoms with Gasteiger partial charge in [-0.05, 0) is 24.6 Å². The molecule has 0 saturated heterocycles. The minimum Gasteiger partial charge on any atom is -0.268 e. The number of nitrogens with zero attached hydrogens (tertiary/aromatic N) is 2. The fourth-order valence-corrected chi connectivity index (χ4v) is 2.91. The zero-order valence-electron chi connectivity index (χ0n) is 13.8. The minimum absolute atomic E-state index is 0.0195. The first-order valence-electron chi connectivity index (χ1n) is 7.57. The predicted molar refractivity (Wildman–Crippen MR) is 81.5 cm³/mol.